The summed E-state index contributed by atoms with van der Waals surface area (Å²) < 4.78 is 36.5. The number of likely N-dealkylation sites (tertiary alicyclic amines) is 1. The SMILES string of the molecule is C=C(CCCCCNCc1nc2c(N3CCOCC3)nc(-c3cnc(N)nc3)nc2n1CC)NO.CC(C)n1c(N2CCC(C(=O)CO)CC2)nc2c(N3CCOCC3)nc(-c3cnc(N)nc3)nc21.CC(C)n1cnc2c(N3CCOCC3)nc(-c3cccc(OCCCC(=O)NO)c3)nc21.CCn1c(CN2CCC(C(=O)NC)CC2)nc2c(N3CCOCC3)nc(-c3cnc(N)nc3)nc21. The molecule has 0 atom stereocenters. The number of unbranched alkanes of at least 4 members (excludes halogenated alkanes) is 2. The largest absolute Gasteiger partial charge is 0.494 e. The number of nitrogens with zero attached hydrogens (tertiary/aromatic N) is 28. The van der Waals surface area contributed by atoms with Crippen LogP contribution in [0.5, 0.6) is 5.75 Å². The summed E-state index contributed by atoms with van der Waals surface area (Å²) in [6, 6.07) is 7.90. The number of aromatic nitrogens is 22. The number of ether oxygens (including phenoxy) is 5. The van der Waals surface area contributed by atoms with Gasteiger partial charge in [0.25, 0.3) is 0 Å². The van der Waals surface area contributed by atoms with Crippen LogP contribution in [-0.4, -0.2) is 304 Å². The number of nitrogens with one attached hydrogen (secondary N) is 4. The van der Waals surface area contributed by atoms with Crippen molar-refractivity contribution in [2.75, 3.05) is 200 Å². The molecule has 0 spiro atoms. The molecular formula is C91H125N35O11. The number of anilines is 8. The molecule has 0 bridgehead atoms. The number of imidazole rings is 4. The van der Waals surface area contributed by atoms with Gasteiger partial charge in [-0.15, -0.1) is 0 Å². The van der Waals surface area contributed by atoms with Crippen molar-refractivity contribution in [1.29, 1.82) is 0 Å². The second-order valence-electron chi connectivity index (χ2n) is 34.5. The van der Waals surface area contributed by atoms with Gasteiger partial charge in [0.05, 0.1) is 95.6 Å². The zero-order valence-corrected chi connectivity index (χ0v) is 78.9. The standard InChI is InChI=1S/C23H32N10O2.C23H34N10O2.C23H31N9O3.C22H28N6O4/c1-3-33-17(14-31-6-4-15(5-7-31)22(34)25-2)28-18-20(32-8-10-35-11-9-32)29-19(30-21(18)33)16-12-26-23(24)27-13-16;1-3-33-18(15-25-8-6-4-5-7-16(2)31-34)28-19-21(32-9-11-35-12-10-32)29-20(30-22(19)33)17-13-26-23(24)27-14-17;1-14(2)32-21-18(27-23(32)31-5-3-15(4-6-31)17(34)13-33)20(30-7-9-35-10-8-30)28-19(29-21)16-11-25-22(24)26-12-16;1-15(2)28-14-23-19-21(27-8-11-31-12-9-27)24-20(25-22(19)28)16-5-3-6-17(13-16)32-10-4-7-18(29)26-30/h12-13,15H,3-11,14H2,1-2H3,(H,25,34)(H2,24,26,27);13-14,25,31,34H,2-12,15H2,1H3,(H2,24,26,27);11-12,14-15,33H,3-10,13H2,1-2H3,(H2,24,25,26);3,5-6,13-15,30H,4,7-12H2,1-2H3,(H,26,29). The number of morpholine rings is 4. The minimum Gasteiger partial charge on any atom is -0.494 e. The van der Waals surface area contributed by atoms with Crippen LogP contribution >= 0.6 is 0 Å². The van der Waals surface area contributed by atoms with E-state index < -0.39 is 12.5 Å². The third-order valence-electron chi connectivity index (χ3n) is 24.7. The smallest absolute Gasteiger partial charge is 0.243 e. The maximum atomic E-state index is 12.0. The zero-order valence-electron chi connectivity index (χ0n) is 78.9. The van der Waals surface area contributed by atoms with Gasteiger partial charge in [-0.2, -0.15) is 0 Å². The van der Waals surface area contributed by atoms with Gasteiger partial charge in [0, 0.05) is 164 Å². The average molecular weight is 1890 g/mol. The molecule has 6 saturated heterocycles. The summed E-state index contributed by atoms with van der Waals surface area (Å²) in [4.78, 5) is 132. The molecule has 12 aromatic rings. The third kappa shape index (κ3) is 24.0. The molecule has 18 rings (SSSR count). The maximum absolute atomic E-state index is 12.0. The number of rotatable bonds is 32. The molecule has 17 heterocycles. The van der Waals surface area contributed by atoms with Crippen LogP contribution in [0.3, 0.4) is 0 Å². The van der Waals surface area contributed by atoms with E-state index in [1.807, 2.05) is 30.6 Å². The summed E-state index contributed by atoms with van der Waals surface area (Å²) >= 11 is 0. The molecule has 46 nitrogen and oxygen atoms in total. The Hall–Kier alpha value is -13.4. The van der Waals surface area contributed by atoms with Crippen LogP contribution in [0.1, 0.15) is 129 Å². The summed E-state index contributed by atoms with van der Waals surface area (Å²) in [6.07, 6.45) is 19.3. The van der Waals surface area contributed by atoms with Crippen LogP contribution in [0.2, 0.25) is 0 Å². The van der Waals surface area contributed by atoms with Gasteiger partial charge in [-0.1, -0.05) is 25.1 Å². The molecule has 6 fully saturated rings. The number of hydroxylamine groups is 2. The highest BCUT2D eigenvalue weighted by molar-refractivity contribution is 5.91. The Labute approximate surface area is 792 Å². The predicted molar refractivity (Wildman–Crippen MR) is 515 cm³/mol. The molecule has 0 aliphatic carbocycles. The molecular weight excluding hydrogens is 1760 g/mol. The molecule has 1 aromatic carbocycles. The fourth-order valence-electron chi connectivity index (χ4n) is 17.3. The van der Waals surface area contributed by atoms with Gasteiger partial charge in [-0.05, 0) is 125 Å². The highest BCUT2D eigenvalue weighted by atomic mass is 16.5. The topological polar surface area (TPSA) is 555 Å². The number of benzene rings is 1. The molecule has 13 N–H and O–H groups in total. The van der Waals surface area contributed by atoms with Gasteiger partial charge in [0.1, 0.15) is 24.0 Å². The van der Waals surface area contributed by atoms with E-state index in [0.717, 1.165) is 202 Å². The Bertz CT molecular complexity index is 6040. The third-order valence-corrected chi connectivity index (χ3v) is 24.7. The lowest BCUT2D eigenvalue weighted by Gasteiger charge is -2.32. The number of carbonyl (C=O) groups excluding carboxylic acids is 3. The summed E-state index contributed by atoms with van der Waals surface area (Å²) in [5, 5.41) is 32.9. The van der Waals surface area contributed by atoms with Crippen LogP contribution in [0.4, 0.5) is 47.1 Å². The zero-order chi connectivity index (χ0) is 96.0. The summed E-state index contributed by atoms with van der Waals surface area (Å²) in [5.74, 6) is 8.98. The number of aryl methyl sites for hydroxylation is 2. The number of hydrogen-bond acceptors (Lipinski definition) is 40. The Kier molecular flexibility index (Phi) is 33.6. The van der Waals surface area contributed by atoms with Gasteiger partial charge in [-0.3, -0.25) is 39.7 Å². The highest BCUT2D eigenvalue weighted by Gasteiger charge is 2.34. The van der Waals surface area contributed by atoms with Crippen molar-refractivity contribution in [3.8, 4) is 51.3 Å². The number of Topliss-reactive ketones (excluding diaryl/α,β-unsaturated/α-hetero) is 1. The Morgan fingerprint density at radius 2 is 0.956 bits per heavy atom. The number of carbonyl (C=O) groups is 3. The fraction of sp³-hybridized carbons (Fsp3) is 0.527. The average Bonchev–Trinajstić information content (AvgIpc) is 1.62. The molecule has 0 saturated carbocycles. The second kappa shape index (κ2) is 46.9. The number of nitrogens with two attached hydrogens (primary N) is 3. The van der Waals surface area contributed by atoms with Crippen LogP contribution < -0.4 is 68.0 Å². The van der Waals surface area contributed by atoms with Crippen molar-refractivity contribution >= 4 is 109 Å². The van der Waals surface area contributed by atoms with Gasteiger partial charge < -0.3 is 94.8 Å². The minimum absolute atomic E-state index is 0.0853. The first kappa shape index (κ1) is 98.2. The van der Waals surface area contributed by atoms with Crippen LogP contribution in [0, 0.1) is 11.8 Å². The van der Waals surface area contributed by atoms with E-state index in [0.29, 0.717) is 169 Å². The maximum Gasteiger partial charge on any atom is 0.243 e. The predicted octanol–water partition coefficient (Wildman–Crippen LogP) is 6.18. The number of allylic oxidation sites excluding steroid dienone is 1. The van der Waals surface area contributed by atoms with E-state index >= 15 is 0 Å². The minimum atomic E-state index is -0.429. The first-order valence-electron chi connectivity index (χ1n) is 47.1. The van der Waals surface area contributed by atoms with Crippen molar-refractivity contribution in [1.82, 2.24) is 134 Å². The monoisotopic (exact) mass is 1880 g/mol. The number of aliphatic hydroxyl groups excluding tert-OH is 1. The summed E-state index contributed by atoms with van der Waals surface area (Å²) in [6.45, 7) is 34.1. The molecule has 0 unspecified atom stereocenters. The lowest BCUT2D eigenvalue weighted by molar-refractivity contribution is -0.129. The number of nitrogen functional groups attached to an aromatic ring is 3. The van der Waals surface area contributed by atoms with Crippen molar-refractivity contribution in [2.24, 2.45) is 11.8 Å². The normalized spacial score (nSPS) is 15.9. The number of aliphatic hydroxyl groups is 1. The Morgan fingerprint density at radius 3 is 1.42 bits per heavy atom. The van der Waals surface area contributed by atoms with E-state index in [-0.39, 0.29) is 59.9 Å². The molecule has 6 aliphatic rings. The van der Waals surface area contributed by atoms with Gasteiger partial charge >= 0.3 is 0 Å². The van der Waals surface area contributed by atoms with Crippen LogP contribution in [0.25, 0.3) is 90.2 Å². The second-order valence-corrected chi connectivity index (χ2v) is 34.5. The number of piperidine rings is 2. The molecule has 0 radical (unpaired) electrons. The molecule has 137 heavy (non-hydrogen) atoms. The number of fused-ring (bicyclic) bond motifs is 4. The Morgan fingerprint density at radius 1 is 0.496 bits per heavy atom. The molecule has 6 aliphatic heterocycles. The first-order chi connectivity index (χ1) is 66.7. The van der Waals surface area contributed by atoms with E-state index in [1.54, 1.807) is 49.7 Å². The molecule has 46 heteroatoms. The Balaban J connectivity index is 0.000000139. The first-order valence-corrected chi connectivity index (χ1v) is 47.1. The van der Waals surface area contributed by atoms with Crippen molar-refractivity contribution in [2.45, 2.75) is 144 Å². The summed E-state index contributed by atoms with van der Waals surface area (Å²) in [7, 11) is 1.70. The highest BCUT2D eigenvalue weighted by Crippen LogP contribution is 2.38. The van der Waals surface area contributed by atoms with Gasteiger partial charge in [-0.25, -0.2) is 95.2 Å². The van der Waals surface area contributed by atoms with E-state index in [1.165, 1.54) is 0 Å². The molecule has 730 valence electrons. The molecule has 11 aromatic heterocycles. The van der Waals surface area contributed by atoms with E-state index in [9.17, 15) is 19.5 Å². The lowest BCUT2D eigenvalue weighted by Crippen LogP contribution is -2.39. The van der Waals surface area contributed by atoms with Crippen LogP contribution in [0.15, 0.2) is 80.0 Å². The van der Waals surface area contributed by atoms with Crippen LogP contribution in [-0.2, 0) is 59.5 Å². The van der Waals surface area contributed by atoms with Gasteiger partial charge in [0.15, 0.2) is 97.0 Å². The van der Waals surface area contributed by atoms with Crippen molar-refractivity contribution in [3.63, 3.8) is 0 Å². The van der Waals surface area contributed by atoms with Crippen molar-refractivity contribution < 1.29 is 53.6 Å². The number of ketones is 1. The molecule has 2 amide bonds. The summed E-state index contributed by atoms with van der Waals surface area (Å²) in [5.41, 5.74) is 30.6. The number of amides is 2. The van der Waals surface area contributed by atoms with E-state index in [2.05, 4.69) is 147 Å². The lowest BCUT2D eigenvalue weighted by atomic mass is 9.93. The van der Waals surface area contributed by atoms with Crippen molar-refractivity contribution in [3.05, 3.63) is 91.7 Å². The fourth-order valence-corrected chi connectivity index (χ4v) is 17.3. The quantitative estimate of drug-likeness (QED) is 0.0128. The van der Waals surface area contributed by atoms with Gasteiger partial charge in [0.2, 0.25) is 35.6 Å². The van der Waals surface area contributed by atoms with E-state index in [4.69, 9.17) is 106 Å². The number of hydrogen-bond donors (Lipinski definition) is 10.